The van der Waals surface area contributed by atoms with E-state index in [9.17, 15) is 0 Å². The summed E-state index contributed by atoms with van der Waals surface area (Å²) in [6.07, 6.45) is 1.11. The molecule has 1 aromatic rings. The monoisotopic (exact) mass is 297 g/mol. The molecule has 20 heavy (non-hydrogen) atoms. The minimum Gasteiger partial charge on any atom is -0.354 e. The van der Waals surface area contributed by atoms with Gasteiger partial charge in [-0.1, -0.05) is 32.4 Å². The summed E-state index contributed by atoms with van der Waals surface area (Å²) in [5.41, 5.74) is 0.937. The van der Waals surface area contributed by atoms with Crippen molar-refractivity contribution in [3.63, 3.8) is 0 Å². The second kappa shape index (κ2) is 8.48. The number of nitrogens with zero attached hydrogens (tertiary/aromatic N) is 2. The van der Waals surface area contributed by atoms with Gasteiger partial charge < -0.3 is 10.2 Å². The summed E-state index contributed by atoms with van der Waals surface area (Å²) in [5, 5.41) is 4.14. The molecule has 0 saturated heterocycles. The summed E-state index contributed by atoms with van der Waals surface area (Å²) >= 11 is 6.25. The van der Waals surface area contributed by atoms with Crippen molar-refractivity contribution in [1.82, 2.24) is 10.3 Å². The SMILES string of the molecule is CCC(C)N(CC)c1ccc(Cl)c(CNCC(C)C)n1. The lowest BCUT2D eigenvalue weighted by Crippen LogP contribution is -2.33. The molecule has 1 rings (SSSR count). The molecule has 0 bridgehead atoms. The predicted molar refractivity (Wildman–Crippen MR) is 88.6 cm³/mol. The van der Waals surface area contributed by atoms with Crippen LogP contribution in [0.25, 0.3) is 0 Å². The summed E-state index contributed by atoms with van der Waals surface area (Å²) in [6.45, 7) is 13.7. The maximum Gasteiger partial charge on any atom is 0.129 e. The predicted octanol–water partition coefficient (Wildman–Crippen LogP) is 4.11. The first-order valence-electron chi connectivity index (χ1n) is 7.62. The van der Waals surface area contributed by atoms with E-state index in [1.165, 1.54) is 0 Å². The number of hydrogen-bond donors (Lipinski definition) is 1. The van der Waals surface area contributed by atoms with E-state index >= 15 is 0 Å². The highest BCUT2D eigenvalue weighted by molar-refractivity contribution is 6.31. The lowest BCUT2D eigenvalue weighted by atomic mass is 10.2. The van der Waals surface area contributed by atoms with E-state index in [1.54, 1.807) is 0 Å². The molecular formula is C16H28ClN3. The zero-order chi connectivity index (χ0) is 15.1. The van der Waals surface area contributed by atoms with Crippen molar-refractivity contribution in [2.45, 2.75) is 53.6 Å². The topological polar surface area (TPSA) is 28.2 Å². The van der Waals surface area contributed by atoms with Gasteiger partial charge in [0.15, 0.2) is 0 Å². The molecule has 0 fully saturated rings. The summed E-state index contributed by atoms with van der Waals surface area (Å²) in [6, 6.07) is 4.47. The zero-order valence-corrected chi connectivity index (χ0v) is 14.2. The summed E-state index contributed by atoms with van der Waals surface area (Å²) in [4.78, 5) is 7.06. The first-order valence-corrected chi connectivity index (χ1v) is 8.00. The third-order valence-corrected chi connectivity index (χ3v) is 3.85. The normalized spacial score (nSPS) is 12.8. The van der Waals surface area contributed by atoms with E-state index in [1.807, 2.05) is 12.1 Å². The lowest BCUT2D eigenvalue weighted by Gasteiger charge is -2.28. The van der Waals surface area contributed by atoms with Crippen LogP contribution in [0, 0.1) is 5.92 Å². The molecule has 114 valence electrons. The van der Waals surface area contributed by atoms with Gasteiger partial charge in [-0.2, -0.15) is 0 Å². The van der Waals surface area contributed by atoms with Gasteiger partial charge in [0.25, 0.3) is 0 Å². The van der Waals surface area contributed by atoms with Crippen LogP contribution in [-0.2, 0) is 6.54 Å². The van der Waals surface area contributed by atoms with E-state index in [0.29, 0.717) is 12.0 Å². The van der Waals surface area contributed by atoms with Crippen LogP contribution in [0.2, 0.25) is 5.02 Å². The van der Waals surface area contributed by atoms with Crippen molar-refractivity contribution in [2.75, 3.05) is 18.0 Å². The van der Waals surface area contributed by atoms with E-state index in [4.69, 9.17) is 16.6 Å². The molecule has 0 radical (unpaired) electrons. The number of nitrogens with one attached hydrogen (secondary N) is 1. The highest BCUT2D eigenvalue weighted by Crippen LogP contribution is 2.21. The molecule has 1 N–H and O–H groups in total. The second-order valence-electron chi connectivity index (χ2n) is 5.67. The number of anilines is 1. The van der Waals surface area contributed by atoms with E-state index in [0.717, 1.165) is 42.6 Å². The molecule has 1 heterocycles. The van der Waals surface area contributed by atoms with Gasteiger partial charge in [0, 0.05) is 19.1 Å². The fourth-order valence-electron chi connectivity index (χ4n) is 2.16. The molecule has 1 unspecified atom stereocenters. The fourth-order valence-corrected chi connectivity index (χ4v) is 2.33. The Balaban J connectivity index is 2.83. The van der Waals surface area contributed by atoms with Gasteiger partial charge in [0.2, 0.25) is 0 Å². The minimum atomic E-state index is 0.491. The van der Waals surface area contributed by atoms with Crippen LogP contribution in [-0.4, -0.2) is 24.1 Å². The minimum absolute atomic E-state index is 0.491. The molecule has 3 nitrogen and oxygen atoms in total. The van der Waals surface area contributed by atoms with Crippen LogP contribution in [0.3, 0.4) is 0 Å². The third-order valence-electron chi connectivity index (χ3n) is 3.51. The van der Waals surface area contributed by atoms with E-state index in [2.05, 4.69) is 44.8 Å². The van der Waals surface area contributed by atoms with Gasteiger partial charge in [0.05, 0.1) is 10.7 Å². The number of pyridine rings is 1. The van der Waals surface area contributed by atoms with Crippen molar-refractivity contribution in [3.05, 3.63) is 22.8 Å². The van der Waals surface area contributed by atoms with Crippen LogP contribution in [0.5, 0.6) is 0 Å². The molecular weight excluding hydrogens is 270 g/mol. The Labute approximate surface area is 128 Å². The smallest absolute Gasteiger partial charge is 0.129 e. The van der Waals surface area contributed by atoms with Crippen LogP contribution in [0.15, 0.2) is 12.1 Å². The lowest BCUT2D eigenvalue weighted by molar-refractivity contribution is 0.547. The number of halogens is 1. The Bertz CT molecular complexity index is 407. The van der Waals surface area contributed by atoms with Crippen molar-refractivity contribution in [3.8, 4) is 0 Å². The quantitative estimate of drug-likeness (QED) is 0.783. The Morgan fingerprint density at radius 3 is 2.50 bits per heavy atom. The number of rotatable bonds is 8. The van der Waals surface area contributed by atoms with Crippen LogP contribution in [0.4, 0.5) is 5.82 Å². The third kappa shape index (κ3) is 4.95. The summed E-state index contributed by atoms with van der Waals surface area (Å²) in [5.74, 6) is 1.65. The van der Waals surface area contributed by atoms with Gasteiger partial charge in [0.1, 0.15) is 5.82 Å². The molecule has 4 heteroatoms. The van der Waals surface area contributed by atoms with Gasteiger partial charge >= 0.3 is 0 Å². The summed E-state index contributed by atoms with van der Waals surface area (Å²) < 4.78 is 0. The molecule has 0 saturated carbocycles. The van der Waals surface area contributed by atoms with Gasteiger partial charge in [-0.25, -0.2) is 4.98 Å². The molecule has 1 atom stereocenters. The van der Waals surface area contributed by atoms with E-state index < -0.39 is 0 Å². The Hall–Kier alpha value is -0.800. The Kier molecular flexibility index (Phi) is 7.31. The second-order valence-corrected chi connectivity index (χ2v) is 6.07. The molecule has 0 aliphatic carbocycles. The highest BCUT2D eigenvalue weighted by Gasteiger charge is 2.14. The van der Waals surface area contributed by atoms with Gasteiger partial charge in [-0.3, -0.25) is 0 Å². The van der Waals surface area contributed by atoms with Crippen molar-refractivity contribution in [2.24, 2.45) is 5.92 Å². The van der Waals surface area contributed by atoms with Crippen molar-refractivity contribution >= 4 is 17.4 Å². The maximum atomic E-state index is 6.25. The average Bonchev–Trinajstić information content (AvgIpc) is 2.42. The van der Waals surface area contributed by atoms with E-state index in [-0.39, 0.29) is 0 Å². The van der Waals surface area contributed by atoms with Crippen LogP contribution < -0.4 is 10.2 Å². The molecule has 0 spiro atoms. The van der Waals surface area contributed by atoms with Crippen molar-refractivity contribution in [1.29, 1.82) is 0 Å². The van der Waals surface area contributed by atoms with Gasteiger partial charge in [-0.15, -0.1) is 0 Å². The summed E-state index contributed by atoms with van der Waals surface area (Å²) in [7, 11) is 0. The molecule has 0 aliphatic rings. The van der Waals surface area contributed by atoms with Gasteiger partial charge in [-0.05, 0) is 44.9 Å². The highest BCUT2D eigenvalue weighted by atomic mass is 35.5. The van der Waals surface area contributed by atoms with Crippen molar-refractivity contribution < 1.29 is 0 Å². The molecule has 0 aromatic carbocycles. The van der Waals surface area contributed by atoms with Crippen LogP contribution >= 0.6 is 11.6 Å². The molecule has 0 amide bonds. The number of aromatic nitrogens is 1. The first-order chi connectivity index (χ1) is 9.49. The largest absolute Gasteiger partial charge is 0.354 e. The maximum absolute atomic E-state index is 6.25. The zero-order valence-electron chi connectivity index (χ0n) is 13.4. The first kappa shape index (κ1) is 17.3. The van der Waals surface area contributed by atoms with Crippen LogP contribution in [0.1, 0.15) is 46.7 Å². The Morgan fingerprint density at radius 2 is 1.95 bits per heavy atom. The standard InChI is InChI=1S/C16H28ClN3/c1-6-13(5)20(7-2)16-9-8-14(17)15(19-16)11-18-10-12(3)4/h8-9,12-13,18H,6-7,10-11H2,1-5H3. The Morgan fingerprint density at radius 1 is 1.25 bits per heavy atom. The fraction of sp³-hybridized carbons (Fsp3) is 0.688. The number of hydrogen-bond acceptors (Lipinski definition) is 3. The molecule has 1 aromatic heterocycles. The average molecular weight is 298 g/mol. The molecule has 0 aliphatic heterocycles.